The van der Waals surface area contributed by atoms with Gasteiger partial charge in [-0.2, -0.15) is 0 Å². The molecular weight excluding hydrogens is 336 g/mol. The summed E-state index contributed by atoms with van der Waals surface area (Å²) in [5.74, 6) is 1.67. The molecule has 2 heterocycles. The van der Waals surface area contributed by atoms with Gasteiger partial charge in [0.2, 0.25) is 0 Å². The molecule has 2 fully saturated rings. The number of hydrogen-bond donors (Lipinski definition) is 0. The highest BCUT2D eigenvalue weighted by atomic mass is 16.5. The van der Waals surface area contributed by atoms with Crippen LogP contribution in [0.3, 0.4) is 0 Å². The highest BCUT2D eigenvalue weighted by Crippen LogP contribution is 2.44. The number of hydrogen-bond acceptors (Lipinski definition) is 4. The van der Waals surface area contributed by atoms with Gasteiger partial charge in [0.15, 0.2) is 0 Å². The fraction of sp³-hybridized carbons (Fsp3) is 0.783. The van der Waals surface area contributed by atoms with Crippen molar-refractivity contribution in [2.24, 2.45) is 5.41 Å². The number of rotatable bonds is 4. The monoisotopic (exact) mass is 378 g/mol. The van der Waals surface area contributed by atoms with Crippen molar-refractivity contribution in [2.45, 2.75) is 86.1 Å². The van der Waals surface area contributed by atoms with Gasteiger partial charge < -0.3 is 9.47 Å². The van der Waals surface area contributed by atoms with Crippen LogP contribution < -0.4 is 9.47 Å². The van der Waals surface area contributed by atoms with Crippen LogP contribution in [-0.2, 0) is 6.54 Å². The van der Waals surface area contributed by atoms with Gasteiger partial charge in [-0.3, -0.25) is 9.88 Å². The summed E-state index contributed by atoms with van der Waals surface area (Å²) >= 11 is 0. The molecule has 0 bridgehead atoms. The van der Waals surface area contributed by atoms with Gasteiger partial charge in [0.25, 0.3) is 0 Å². The third-order valence-corrected chi connectivity index (χ3v) is 5.94. The van der Waals surface area contributed by atoms with Crippen molar-refractivity contribution in [1.82, 2.24) is 9.88 Å². The van der Waals surface area contributed by atoms with E-state index in [-0.39, 0.29) is 0 Å². The van der Waals surface area contributed by atoms with Crippen molar-refractivity contribution in [1.29, 1.82) is 0 Å². The summed E-state index contributed by atoms with van der Waals surface area (Å²) in [7, 11) is 3.40. The zero-order chi connectivity index (χ0) is 20.3. The van der Waals surface area contributed by atoms with Crippen molar-refractivity contribution in [3.05, 3.63) is 17.5 Å². The minimum atomic E-state index is 0.655. The number of methoxy groups -OCH3 is 2. The Labute approximate surface area is 167 Å². The molecule has 0 aromatic carbocycles. The first-order valence-electron chi connectivity index (χ1n) is 11.0. The second kappa shape index (κ2) is 12.2. The number of aromatic nitrogens is 1. The van der Waals surface area contributed by atoms with Gasteiger partial charge in [0, 0.05) is 12.1 Å². The molecule has 0 radical (unpaired) electrons. The molecule has 0 N–H and O–H groups in total. The van der Waals surface area contributed by atoms with Gasteiger partial charge in [0.1, 0.15) is 11.5 Å². The van der Waals surface area contributed by atoms with Crippen LogP contribution in [0, 0.1) is 12.3 Å². The summed E-state index contributed by atoms with van der Waals surface area (Å²) in [6.07, 6.45) is 11.7. The Bertz CT molecular complexity index is 529. The van der Waals surface area contributed by atoms with Crippen LogP contribution in [-0.4, -0.2) is 37.2 Å². The van der Waals surface area contributed by atoms with Crippen LogP contribution in [0.15, 0.2) is 6.20 Å². The lowest BCUT2D eigenvalue weighted by molar-refractivity contribution is 0.0631. The first-order chi connectivity index (χ1) is 13.2. The molecule has 4 heteroatoms. The number of pyridine rings is 1. The SMILES string of the molecule is CC.CC.COc1cnc(CN2CCC3(CCCCC3)CC2)c(OC)c1C. The summed E-state index contributed by atoms with van der Waals surface area (Å²) in [6, 6.07) is 0. The number of piperidine rings is 1. The lowest BCUT2D eigenvalue weighted by atomic mass is 9.68. The second-order valence-electron chi connectivity index (χ2n) is 7.27. The van der Waals surface area contributed by atoms with Crippen molar-refractivity contribution in [3.63, 3.8) is 0 Å². The van der Waals surface area contributed by atoms with E-state index in [2.05, 4.69) is 9.88 Å². The van der Waals surface area contributed by atoms with E-state index in [1.807, 2.05) is 40.8 Å². The van der Waals surface area contributed by atoms with Crippen LogP contribution >= 0.6 is 0 Å². The predicted molar refractivity (Wildman–Crippen MR) is 115 cm³/mol. The summed E-state index contributed by atoms with van der Waals surface area (Å²) in [4.78, 5) is 7.13. The largest absolute Gasteiger partial charge is 0.495 e. The maximum absolute atomic E-state index is 5.60. The topological polar surface area (TPSA) is 34.6 Å². The zero-order valence-corrected chi connectivity index (χ0v) is 18.9. The smallest absolute Gasteiger partial charge is 0.148 e. The lowest BCUT2D eigenvalue weighted by Crippen LogP contribution is -2.40. The standard InChI is InChI=1S/C19H30N2O2.2C2H6/c1-15-17(22-2)13-20-16(18(15)23-3)14-21-11-9-19(10-12-21)7-5-4-6-8-19;2*1-2/h13H,4-12,14H2,1-3H3;2*1-2H3. The Balaban J connectivity index is 0.000000855. The Hall–Kier alpha value is -1.29. The molecule has 1 aromatic rings. The highest BCUT2D eigenvalue weighted by Gasteiger charge is 2.35. The molecule has 1 saturated carbocycles. The van der Waals surface area contributed by atoms with Crippen LogP contribution in [0.25, 0.3) is 0 Å². The lowest BCUT2D eigenvalue weighted by Gasteiger charge is -2.44. The van der Waals surface area contributed by atoms with Gasteiger partial charge in [-0.05, 0) is 51.1 Å². The van der Waals surface area contributed by atoms with E-state index in [4.69, 9.17) is 9.47 Å². The summed E-state index contributed by atoms with van der Waals surface area (Å²) in [6.45, 7) is 13.3. The van der Waals surface area contributed by atoms with Gasteiger partial charge in [-0.1, -0.05) is 47.0 Å². The summed E-state index contributed by atoms with van der Waals surface area (Å²) in [5, 5.41) is 0. The molecule has 1 spiro atoms. The third-order valence-electron chi connectivity index (χ3n) is 5.94. The zero-order valence-electron chi connectivity index (χ0n) is 18.9. The Kier molecular flexibility index (Phi) is 10.8. The molecule has 1 aliphatic heterocycles. The Morgan fingerprint density at radius 1 is 0.926 bits per heavy atom. The number of ether oxygens (including phenoxy) is 2. The molecule has 0 atom stereocenters. The molecule has 1 aromatic heterocycles. The second-order valence-corrected chi connectivity index (χ2v) is 7.27. The average molecular weight is 379 g/mol. The molecule has 1 aliphatic carbocycles. The first kappa shape index (κ1) is 23.7. The van der Waals surface area contributed by atoms with Gasteiger partial charge in [-0.25, -0.2) is 0 Å². The molecule has 1 saturated heterocycles. The third kappa shape index (κ3) is 6.10. The van der Waals surface area contributed by atoms with E-state index in [1.54, 1.807) is 14.2 Å². The minimum absolute atomic E-state index is 0.655. The molecule has 4 nitrogen and oxygen atoms in total. The van der Waals surface area contributed by atoms with E-state index in [1.165, 1.54) is 58.0 Å². The van der Waals surface area contributed by atoms with E-state index >= 15 is 0 Å². The van der Waals surface area contributed by atoms with E-state index in [9.17, 15) is 0 Å². The van der Waals surface area contributed by atoms with E-state index < -0.39 is 0 Å². The van der Waals surface area contributed by atoms with E-state index in [0.29, 0.717) is 5.41 Å². The van der Waals surface area contributed by atoms with Gasteiger partial charge in [0.05, 0.1) is 26.1 Å². The predicted octanol–water partition coefficient (Wildman–Crippen LogP) is 6.01. The molecule has 3 rings (SSSR count). The van der Waals surface area contributed by atoms with Gasteiger partial charge >= 0.3 is 0 Å². The minimum Gasteiger partial charge on any atom is -0.495 e. The maximum Gasteiger partial charge on any atom is 0.148 e. The summed E-state index contributed by atoms with van der Waals surface area (Å²) < 4.78 is 11.0. The molecule has 156 valence electrons. The Morgan fingerprint density at radius 2 is 1.52 bits per heavy atom. The van der Waals surface area contributed by atoms with Crippen LogP contribution in [0.4, 0.5) is 0 Å². The fourth-order valence-corrected chi connectivity index (χ4v) is 4.41. The van der Waals surface area contributed by atoms with Crippen LogP contribution in [0.1, 0.15) is 83.9 Å². The van der Waals surface area contributed by atoms with Crippen molar-refractivity contribution < 1.29 is 9.47 Å². The van der Waals surface area contributed by atoms with Crippen LogP contribution in [0.2, 0.25) is 0 Å². The number of likely N-dealkylation sites (tertiary alicyclic amines) is 1. The first-order valence-corrected chi connectivity index (χ1v) is 11.0. The summed E-state index contributed by atoms with van der Waals surface area (Å²) in [5.41, 5.74) is 2.73. The maximum atomic E-state index is 5.60. The molecule has 0 unspecified atom stereocenters. The quantitative estimate of drug-likeness (QED) is 0.643. The van der Waals surface area contributed by atoms with E-state index in [0.717, 1.165) is 29.3 Å². The van der Waals surface area contributed by atoms with Crippen molar-refractivity contribution in [3.8, 4) is 11.5 Å². The van der Waals surface area contributed by atoms with Gasteiger partial charge in [-0.15, -0.1) is 0 Å². The molecule has 2 aliphatic rings. The molecule has 0 amide bonds. The van der Waals surface area contributed by atoms with Crippen molar-refractivity contribution >= 4 is 0 Å². The van der Waals surface area contributed by atoms with Crippen molar-refractivity contribution in [2.75, 3.05) is 27.3 Å². The number of nitrogens with zero attached hydrogens (tertiary/aromatic N) is 2. The fourth-order valence-electron chi connectivity index (χ4n) is 4.41. The normalized spacial score (nSPS) is 18.6. The van der Waals surface area contributed by atoms with Crippen LogP contribution in [0.5, 0.6) is 11.5 Å². The molecule has 27 heavy (non-hydrogen) atoms. The average Bonchev–Trinajstić information content (AvgIpc) is 2.74. The Morgan fingerprint density at radius 3 is 2.04 bits per heavy atom. The molecular formula is C23H42N2O2. The highest BCUT2D eigenvalue weighted by molar-refractivity contribution is 5.45.